The van der Waals surface area contributed by atoms with E-state index < -0.39 is 5.97 Å². The van der Waals surface area contributed by atoms with Crippen molar-refractivity contribution in [3.05, 3.63) is 54.4 Å². The Hall–Kier alpha value is -3.02. The number of anilines is 1. The van der Waals surface area contributed by atoms with Crippen LogP contribution in [0.5, 0.6) is 5.88 Å². The predicted octanol–water partition coefficient (Wildman–Crippen LogP) is 2.64. The molecule has 6 nitrogen and oxygen atoms in total. The van der Waals surface area contributed by atoms with Crippen molar-refractivity contribution in [1.29, 1.82) is 0 Å². The van der Waals surface area contributed by atoms with Crippen molar-refractivity contribution in [2.75, 3.05) is 19.0 Å². The molecule has 0 saturated carbocycles. The second-order valence-corrected chi connectivity index (χ2v) is 5.08. The Bertz CT molecular complexity index is 828. The maximum absolute atomic E-state index is 11.6. The van der Waals surface area contributed by atoms with Gasteiger partial charge in [-0.3, -0.25) is 0 Å². The van der Waals surface area contributed by atoms with Crippen molar-refractivity contribution in [3.8, 4) is 5.88 Å². The SMILES string of the molecule is COC(=O)c1ccc2cn(CCNc3ccccn3)c(O)c2c1. The molecule has 118 valence electrons. The van der Waals surface area contributed by atoms with Gasteiger partial charge in [0.15, 0.2) is 5.88 Å². The van der Waals surface area contributed by atoms with E-state index in [4.69, 9.17) is 4.74 Å². The van der Waals surface area contributed by atoms with Crippen molar-refractivity contribution in [2.24, 2.45) is 0 Å². The van der Waals surface area contributed by atoms with Crippen LogP contribution in [0.1, 0.15) is 10.4 Å². The fourth-order valence-electron chi connectivity index (χ4n) is 2.43. The molecule has 2 N–H and O–H groups in total. The van der Waals surface area contributed by atoms with Gasteiger partial charge in [-0.2, -0.15) is 0 Å². The molecular weight excluding hydrogens is 294 g/mol. The molecule has 0 amide bonds. The van der Waals surface area contributed by atoms with Crippen LogP contribution in [0.2, 0.25) is 0 Å². The molecular formula is C17H17N3O3. The van der Waals surface area contributed by atoms with Gasteiger partial charge in [0.25, 0.3) is 0 Å². The van der Waals surface area contributed by atoms with Crippen molar-refractivity contribution in [2.45, 2.75) is 6.54 Å². The average molecular weight is 311 g/mol. The molecule has 3 aromatic rings. The normalized spacial score (nSPS) is 10.7. The lowest BCUT2D eigenvalue weighted by Crippen LogP contribution is -2.10. The first-order valence-electron chi connectivity index (χ1n) is 7.24. The smallest absolute Gasteiger partial charge is 0.337 e. The van der Waals surface area contributed by atoms with E-state index in [2.05, 4.69) is 10.3 Å². The number of hydrogen-bond acceptors (Lipinski definition) is 5. The minimum absolute atomic E-state index is 0.133. The van der Waals surface area contributed by atoms with Gasteiger partial charge in [0, 0.05) is 36.3 Å². The number of aromatic nitrogens is 2. The largest absolute Gasteiger partial charge is 0.494 e. The maximum Gasteiger partial charge on any atom is 0.337 e. The number of pyridine rings is 1. The molecule has 2 heterocycles. The quantitative estimate of drug-likeness (QED) is 0.708. The summed E-state index contributed by atoms with van der Waals surface area (Å²) in [5, 5.41) is 15.0. The first-order chi connectivity index (χ1) is 11.2. The van der Waals surface area contributed by atoms with Gasteiger partial charge in [-0.25, -0.2) is 9.78 Å². The molecule has 0 radical (unpaired) electrons. The van der Waals surface area contributed by atoms with Crippen LogP contribution in [0.4, 0.5) is 5.82 Å². The summed E-state index contributed by atoms with van der Waals surface area (Å²) in [5.74, 6) is 0.501. The summed E-state index contributed by atoms with van der Waals surface area (Å²) in [6.07, 6.45) is 3.57. The van der Waals surface area contributed by atoms with Crippen molar-refractivity contribution < 1.29 is 14.6 Å². The van der Waals surface area contributed by atoms with E-state index in [0.717, 1.165) is 11.2 Å². The summed E-state index contributed by atoms with van der Waals surface area (Å²) in [6.45, 7) is 1.19. The van der Waals surface area contributed by atoms with E-state index >= 15 is 0 Å². The Morgan fingerprint density at radius 3 is 2.96 bits per heavy atom. The van der Waals surface area contributed by atoms with Gasteiger partial charge in [-0.1, -0.05) is 12.1 Å². The number of nitrogens with zero attached hydrogens (tertiary/aromatic N) is 2. The van der Waals surface area contributed by atoms with Gasteiger partial charge in [-0.05, 0) is 24.3 Å². The summed E-state index contributed by atoms with van der Waals surface area (Å²) in [7, 11) is 1.33. The first-order valence-corrected chi connectivity index (χ1v) is 7.24. The monoisotopic (exact) mass is 311 g/mol. The molecule has 0 unspecified atom stereocenters. The summed E-state index contributed by atoms with van der Waals surface area (Å²) in [4.78, 5) is 15.8. The van der Waals surface area contributed by atoms with Gasteiger partial charge < -0.3 is 19.7 Å². The molecule has 0 aliphatic rings. The molecule has 3 rings (SSSR count). The molecule has 1 aromatic carbocycles. The van der Waals surface area contributed by atoms with Crippen molar-refractivity contribution in [3.63, 3.8) is 0 Å². The van der Waals surface area contributed by atoms with Crippen molar-refractivity contribution >= 4 is 22.6 Å². The van der Waals surface area contributed by atoms with E-state index in [1.165, 1.54) is 7.11 Å². The molecule has 0 atom stereocenters. The number of rotatable bonds is 5. The Labute approximate surface area is 133 Å². The van der Waals surface area contributed by atoms with E-state index in [1.807, 2.05) is 24.4 Å². The molecule has 2 aromatic heterocycles. The Morgan fingerprint density at radius 2 is 2.22 bits per heavy atom. The number of aromatic hydroxyl groups is 1. The number of benzene rings is 1. The van der Waals surface area contributed by atoms with Gasteiger partial charge in [0.2, 0.25) is 0 Å². The lowest BCUT2D eigenvalue weighted by molar-refractivity contribution is 0.0601. The predicted molar refractivity (Wildman–Crippen MR) is 87.7 cm³/mol. The summed E-state index contributed by atoms with van der Waals surface area (Å²) < 4.78 is 6.44. The zero-order valence-corrected chi connectivity index (χ0v) is 12.7. The van der Waals surface area contributed by atoms with Gasteiger partial charge >= 0.3 is 5.97 Å². The number of fused-ring (bicyclic) bond motifs is 1. The topological polar surface area (TPSA) is 76.4 Å². The highest BCUT2D eigenvalue weighted by atomic mass is 16.5. The van der Waals surface area contributed by atoms with Crippen LogP contribution in [0, 0.1) is 0 Å². The molecule has 6 heteroatoms. The highest BCUT2D eigenvalue weighted by Crippen LogP contribution is 2.28. The van der Waals surface area contributed by atoms with E-state index in [9.17, 15) is 9.90 Å². The minimum atomic E-state index is -0.420. The van der Waals surface area contributed by atoms with Gasteiger partial charge in [0.1, 0.15) is 5.82 Å². The van der Waals surface area contributed by atoms with Gasteiger partial charge in [0.05, 0.1) is 12.7 Å². The molecule has 0 bridgehead atoms. The standard InChI is InChI=1S/C17H17N3O3/c1-23-17(22)12-5-6-13-11-20(16(21)14(13)10-12)9-8-19-15-4-2-3-7-18-15/h2-7,10-11,21H,8-9H2,1H3,(H,18,19). The van der Waals surface area contributed by atoms with Crippen LogP contribution in [0.15, 0.2) is 48.8 Å². The van der Waals surface area contributed by atoms with Crippen LogP contribution in [-0.2, 0) is 11.3 Å². The van der Waals surface area contributed by atoms with E-state index in [0.29, 0.717) is 24.0 Å². The maximum atomic E-state index is 11.6. The van der Waals surface area contributed by atoms with E-state index in [-0.39, 0.29) is 5.88 Å². The van der Waals surface area contributed by atoms with Crippen molar-refractivity contribution in [1.82, 2.24) is 9.55 Å². The summed E-state index contributed by atoms with van der Waals surface area (Å²) in [6, 6.07) is 10.8. The molecule has 0 aliphatic carbocycles. The Balaban J connectivity index is 1.76. The van der Waals surface area contributed by atoms with Crippen LogP contribution in [0.3, 0.4) is 0 Å². The fourth-order valence-corrected chi connectivity index (χ4v) is 2.43. The number of ether oxygens (including phenoxy) is 1. The number of esters is 1. The third-order valence-corrected chi connectivity index (χ3v) is 3.61. The molecule has 0 saturated heterocycles. The minimum Gasteiger partial charge on any atom is -0.494 e. The Kier molecular flexibility index (Phi) is 4.14. The lowest BCUT2D eigenvalue weighted by Gasteiger charge is -2.07. The summed E-state index contributed by atoms with van der Waals surface area (Å²) in [5.41, 5.74) is 0.416. The first kappa shape index (κ1) is 14.9. The highest BCUT2D eigenvalue weighted by Gasteiger charge is 2.12. The fraction of sp³-hybridized carbons (Fsp3) is 0.176. The highest BCUT2D eigenvalue weighted by molar-refractivity contribution is 5.97. The molecule has 0 spiro atoms. The van der Waals surface area contributed by atoms with Gasteiger partial charge in [-0.15, -0.1) is 0 Å². The third kappa shape index (κ3) is 3.11. The third-order valence-electron chi connectivity index (χ3n) is 3.61. The lowest BCUT2D eigenvalue weighted by atomic mass is 10.1. The number of carbonyl (C=O) groups is 1. The molecule has 0 fully saturated rings. The van der Waals surface area contributed by atoms with Crippen LogP contribution in [0.25, 0.3) is 10.8 Å². The molecule has 0 aliphatic heterocycles. The summed E-state index contributed by atoms with van der Waals surface area (Å²) >= 11 is 0. The second-order valence-electron chi connectivity index (χ2n) is 5.08. The Morgan fingerprint density at radius 1 is 1.35 bits per heavy atom. The van der Waals surface area contributed by atoms with Crippen LogP contribution >= 0.6 is 0 Å². The van der Waals surface area contributed by atoms with E-state index in [1.54, 1.807) is 29.0 Å². The second kappa shape index (κ2) is 6.39. The number of carbonyl (C=O) groups excluding carboxylic acids is 1. The zero-order valence-electron chi connectivity index (χ0n) is 12.7. The van der Waals surface area contributed by atoms with Crippen LogP contribution < -0.4 is 5.32 Å². The number of hydrogen-bond donors (Lipinski definition) is 2. The molecule has 23 heavy (non-hydrogen) atoms. The number of methoxy groups -OCH3 is 1. The average Bonchev–Trinajstić information content (AvgIpc) is 2.91. The number of nitrogens with one attached hydrogen (secondary N) is 1. The zero-order chi connectivity index (χ0) is 16.2. The van der Waals surface area contributed by atoms with Crippen LogP contribution in [-0.4, -0.2) is 34.3 Å².